The van der Waals surface area contributed by atoms with Gasteiger partial charge in [-0.05, 0) is 28.5 Å². The normalized spacial score (nSPS) is 20.8. The Balaban J connectivity index is 1.45. The van der Waals surface area contributed by atoms with Crippen molar-refractivity contribution in [3.63, 3.8) is 0 Å². The van der Waals surface area contributed by atoms with Gasteiger partial charge in [0, 0.05) is 11.5 Å². The summed E-state index contributed by atoms with van der Waals surface area (Å²) in [6, 6.07) is 6.79. The number of carbonyl (C=O) groups excluding carboxylic acids is 2. The maximum Gasteiger partial charge on any atom is 0.352 e. The number of carbonyl (C=O) groups is 4. The van der Waals surface area contributed by atoms with Gasteiger partial charge in [0.1, 0.15) is 17.1 Å². The van der Waals surface area contributed by atoms with E-state index in [-0.39, 0.29) is 23.6 Å². The summed E-state index contributed by atoms with van der Waals surface area (Å²) in [6.45, 7) is 1.65. The Morgan fingerprint density at radius 3 is 2.64 bits per heavy atom. The van der Waals surface area contributed by atoms with Crippen LogP contribution in [0, 0.1) is 0 Å². The molecule has 1 fully saturated rings. The second-order valence-corrected chi connectivity index (χ2v) is 10.2. The first-order chi connectivity index (χ1) is 17.2. The molecule has 1 aromatic carbocycles. The summed E-state index contributed by atoms with van der Waals surface area (Å²) in [6.07, 6.45) is -1.65. The monoisotopic (exact) mass is 534 g/mol. The third kappa shape index (κ3) is 5.08. The van der Waals surface area contributed by atoms with Crippen molar-refractivity contribution in [2.75, 3.05) is 11.5 Å². The van der Waals surface area contributed by atoms with Crippen LogP contribution in [0.15, 0.2) is 46.8 Å². The summed E-state index contributed by atoms with van der Waals surface area (Å²) in [7, 11) is 0. The van der Waals surface area contributed by atoms with Crippen LogP contribution in [0.5, 0.6) is 0 Å². The average Bonchev–Trinajstić information content (AvgIpc) is 3.33. The summed E-state index contributed by atoms with van der Waals surface area (Å²) in [4.78, 5) is 49.6. The van der Waals surface area contributed by atoms with Gasteiger partial charge in [-0.25, -0.2) is 9.48 Å². The van der Waals surface area contributed by atoms with Crippen LogP contribution in [0.3, 0.4) is 0 Å². The van der Waals surface area contributed by atoms with E-state index in [2.05, 4.69) is 20.8 Å². The van der Waals surface area contributed by atoms with Crippen molar-refractivity contribution in [1.29, 1.82) is 0 Å². The van der Waals surface area contributed by atoms with E-state index in [0.717, 1.165) is 16.7 Å². The first kappa shape index (κ1) is 25.7. The predicted octanol–water partition coefficient (Wildman–Crippen LogP) is 0.273. The molecule has 2 aromatic rings. The smallest absolute Gasteiger partial charge is 0.352 e. The topological polar surface area (TPSA) is 188 Å². The molecule has 3 heterocycles. The fraction of sp³-hybridized carbons (Fsp3) is 0.381. The van der Waals surface area contributed by atoms with Gasteiger partial charge in [0.2, 0.25) is 5.16 Å². The molecule has 15 heteroatoms. The van der Waals surface area contributed by atoms with Crippen LogP contribution >= 0.6 is 23.5 Å². The number of benzene rings is 1. The van der Waals surface area contributed by atoms with Gasteiger partial charge in [-0.2, -0.15) is 0 Å². The molecule has 0 bridgehead atoms. The van der Waals surface area contributed by atoms with Crippen LogP contribution in [0.1, 0.15) is 31.1 Å². The number of carboxylic acid groups (broad SMARTS) is 2. The lowest BCUT2D eigenvalue weighted by Crippen LogP contribution is -2.70. The van der Waals surface area contributed by atoms with E-state index in [4.69, 9.17) is 5.11 Å². The Hall–Kier alpha value is -3.43. The van der Waals surface area contributed by atoms with Crippen LogP contribution in [0.25, 0.3) is 0 Å². The van der Waals surface area contributed by atoms with Gasteiger partial charge in [0.15, 0.2) is 6.10 Å². The number of nitrogens with zero attached hydrogens (tertiary/aromatic N) is 5. The van der Waals surface area contributed by atoms with Crippen LogP contribution in [0.2, 0.25) is 0 Å². The largest absolute Gasteiger partial charge is 0.481 e. The van der Waals surface area contributed by atoms with Crippen LogP contribution in [-0.4, -0.2) is 87.1 Å². The summed E-state index contributed by atoms with van der Waals surface area (Å²) in [5, 5.41) is 42.7. The number of aliphatic hydroxyl groups excluding tert-OH is 1. The number of aliphatic carboxylic acids is 2. The van der Waals surface area contributed by atoms with Crippen molar-refractivity contribution in [2.45, 2.75) is 42.1 Å². The lowest BCUT2D eigenvalue weighted by atomic mass is 10.0. The highest BCUT2D eigenvalue weighted by molar-refractivity contribution is 8.01. The zero-order valence-electron chi connectivity index (χ0n) is 18.8. The number of β-lactam (4-membered cyclic amide) rings is 1. The number of carboxylic acids is 2. The van der Waals surface area contributed by atoms with E-state index in [9.17, 15) is 29.4 Å². The first-order valence-corrected chi connectivity index (χ1v) is 12.8. The second-order valence-electron chi connectivity index (χ2n) is 8.11. The minimum absolute atomic E-state index is 0.162. The zero-order valence-corrected chi connectivity index (χ0v) is 20.5. The maximum atomic E-state index is 12.8. The van der Waals surface area contributed by atoms with Gasteiger partial charge in [-0.1, -0.05) is 42.1 Å². The van der Waals surface area contributed by atoms with E-state index in [1.165, 1.54) is 16.4 Å². The lowest BCUT2D eigenvalue weighted by molar-refractivity contribution is -0.151. The summed E-state index contributed by atoms with van der Waals surface area (Å²) >= 11 is 2.43. The lowest BCUT2D eigenvalue weighted by Gasteiger charge is -2.49. The first-order valence-electron chi connectivity index (χ1n) is 10.7. The minimum Gasteiger partial charge on any atom is -0.481 e. The van der Waals surface area contributed by atoms with E-state index in [1.54, 1.807) is 37.3 Å². The van der Waals surface area contributed by atoms with Crippen molar-refractivity contribution < 1.29 is 34.5 Å². The molecule has 1 aromatic heterocycles. The molecule has 0 radical (unpaired) electrons. The zero-order chi connectivity index (χ0) is 26.0. The molecule has 190 valence electrons. The Morgan fingerprint density at radius 2 is 1.97 bits per heavy atom. The summed E-state index contributed by atoms with van der Waals surface area (Å²) in [5.41, 5.74) is 0.681. The summed E-state index contributed by atoms with van der Waals surface area (Å²) < 4.78 is 1.36. The van der Waals surface area contributed by atoms with Crippen molar-refractivity contribution in [1.82, 2.24) is 30.4 Å². The highest BCUT2D eigenvalue weighted by Crippen LogP contribution is 2.41. The fourth-order valence-corrected chi connectivity index (χ4v) is 6.32. The van der Waals surface area contributed by atoms with Gasteiger partial charge >= 0.3 is 11.9 Å². The number of aliphatic hydroxyl groups is 1. The van der Waals surface area contributed by atoms with E-state index in [1.807, 2.05) is 0 Å². The van der Waals surface area contributed by atoms with Crippen LogP contribution < -0.4 is 5.32 Å². The molecule has 4 N–H and O–H groups in total. The molecule has 13 nitrogen and oxygen atoms in total. The number of hydrogen-bond donors (Lipinski definition) is 4. The fourth-order valence-electron chi connectivity index (χ4n) is 3.86. The van der Waals surface area contributed by atoms with Crippen molar-refractivity contribution in [2.24, 2.45) is 0 Å². The number of rotatable bonds is 10. The quantitative estimate of drug-likeness (QED) is 0.241. The number of thioether (sulfide) groups is 2. The third-order valence-electron chi connectivity index (χ3n) is 5.64. The van der Waals surface area contributed by atoms with Crippen molar-refractivity contribution in [3.8, 4) is 0 Å². The Kier molecular flexibility index (Phi) is 7.61. The molecular weight excluding hydrogens is 512 g/mol. The van der Waals surface area contributed by atoms with Gasteiger partial charge in [0.05, 0.1) is 12.5 Å². The van der Waals surface area contributed by atoms with Crippen LogP contribution in [0.4, 0.5) is 0 Å². The summed E-state index contributed by atoms with van der Waals surface area (Å²) in [5.74, 6) is -3.17. The number of hydrogen-bond acceptors (Lipinski definition) is 10. The van der Waals surface area contributed by atoms with E-state index >= 15 is 0 Å². The molecule has 2 amide bonds. The molecule has 0 aliphatic carbocycles. The van der Waals surface area contributed by atoms with Crippen molar-refractivity contribution in [3.05, 3.63) is 47.2 Å². The van der Waals surface area contributed by atoms with Crippen molar-refractivity contribution >= 4 is 47.3 Å². The molecule has 1 saturated heterocycles. The highest BCUT2D eigenvalue weighted by atomic mass is 32.2. The molecule has 0 saturated carbocycles. The molecule has 2 aliphatic rings. The molecule has 36 heavy (non-hydrogen) atoms. The van der Waals surface area contributed by atoms with Gasteiger partial charge < -0.3 is 20.6 Å². The van der Waals surface area contributed by atoms with Gasteiger partial charge in [-0.15, -0.1) is 16.9 Å². The SMILES string of the molecule is CC(CC(=O)O)n1nnnc1SCC1=C(C(=O)O)N2C(=O)C(NC(=O)[C@H](O)c3ccccc3)[C@H]2SC1. The molecule has 4 atom stereocenters. The van der Waals surface area contributed by atoms with E-state index < -0.39 is 47.3 Å². The third-order valence-corrected chi connectivity index (χ3v) is 8.00. The maximum absolute atomic E-state index is 12.8. The molecule has 4 rings (SSSR count). The van der Waals surface area contributed by atoms with Gasteiger partial charge in [-0.3, -0.25) is 19.3 Å². The van der Waals surface area contributed by atoms with Crippen LogP contribution in [-0.2, 0) is 19.2 Å². The highest BCUT2D eigenvalue weighted by Gasteiger charge is 2.54. The molecule has 2 aliphatic heterocycles. The number of aromatic nitrogens is 4. The molecule has 0 spiro atoms. The van der Waals surface area contributed by atoms with Gasteiger partial charge in [0.25, 0.3) is 11.8 Å². The number of fused-ring (bicyclic) bond motifs is 1. The predicted molar refractivity (Wildman–Crippen MR) is 127 cm³/mol. The Bertz CT molecular complexity index is 1220. The number of nitrogens with one attached hydrogen (secondary N) is 1. The van der Waals surface area contributed by atoms with E-state index in [0.29, 0.717) is 16.3 Å². The number of amides is 2. The Morgan fingerprint density at radius 1 is 1.25 bits per heavy atom. The number of tetrazole rings is 1. The standard InChI is InChI=1S/C21H22N6O7S2/c1-10(7-13(28)29)27-21(23-24-25-27)36-9-12-8-35-19-14(18(32)26(19)15(12)20(33)34)22-17(31)16(30)11-5-3-2-4-6-11/h2-6,10,14,16,19,30H,7-9H2,1H3,(H,22,31)(H,28,29)(H,33,34)/t10?,14?,16-,19-/m1/s1. The molecular formula is C21H22N6O7S2. The second kappa shape index (κ2) is 10.7. The average molecular weight is 535 g/mol. The molecule has 2 unspecified atom stereocenters. The Labute approximate surface area is 212 Å². The minimum atomic E-state index is -1.46.